The Hall–Kier alpha value is -2.28. The van der Waals surface area contributed by atoms with Crippen molar-refractivity contribution < 1.29 is 0 Å². The summed E-state index contributed by atoms with van der Waals surface area (Å²) in [6.07, 6.45) is 1.87. The lowest BCUT2D eigenvalue weighted by atomic mass is 10.1. The van der Waals surface area contributed by atoms with E-state index in [1.807, 2.05) is 38.4 Å². The van der Waals surface area contributed by atoms with Crippen molar-refractivity contribution >= 4 is 11.5 Å². The maximum atomic E-state index is 8.82. The van der Waals surface area contributed by atoms with Gasteiger partial charge in [0, 0.05) is 25.0 Å². The zero-order chi connectivity index (χ0) is 11.5. The molecule has 0 aliphatic heterocycles. The van der Waals surface area contributed by atoms with Gasteiger partial charge in [-0.05, 0) is 30.7 Å². The van der Waals surface area contributed by atoms with E-state index >= 15 is 0 Å². The molecule has 16 heavy (non-hydrogen) atoms. The predicted molar refractivity (Wildman–Crippen MR) is 62.4 cm³/mol. The van der Waals surface area contributed by atoms with Crippen LogP contribution in [0.2, 0.25) is 0 Å². The summed E-state index contributed by atoms with van der Waals surface area (Å²) >= 11 is 0. The van der Waals surface area contributed by atoms with Gasteiger partial charge < -0.3 is 5.32 Å². The Morgan fingerprint density at radius 2 is 2.19 bits per heavy atom. The molecule has 80 valence electrons. The monoisotopic (exact) mass is 212 g/mol. The first-order valence-corrected chi connectivity index (χ1v) is 4.96. The van der Waals surface area contributed by atoms with Crippen LogP contribution in [-0.2, 0) is 7.05 Å². The Kier molecular flexibility index (Phi) is 2.61. The highest BCUT2D eigenvalue weighted by molar-refractivity contribution is 5.59. The molecule has 0 fully saturated rings. The number of benzene rings is 1. The van der Waals surface area contributed by atoms with Crippen LogP contribution in [0.4, 0.5) is 11.5 Å². The van der Waals surface area contributed by atoms with E-state index < -0.39 is 0 Å². The molecule has 0 unspecified atom stereocenters. The standard InChI is InChI=1S/C12H12N4/c1-9-7-11(4-3-10(9)8-13)14-12-5-6-16(2)15-12/h3-7H,1-2H3,(H,14,15). The number of aryl methyl sites for hydroxylation is 2. The van der Waals surface area contributed by atoms with E-state index in [9.17, 15) is 0 Å². The van der Waals surface area contributed by atoms with Crippen molar-refractivity contribution in [3.63, 3.8) is 0 Å². The molecule has 2 rings (SSSR count). The fourth-order valence-corrected chi connectivity index (χ4v) is 1.50. The lowest BCUT2D eigenvalue weighted by Crippen LogP contribution is -1.94. The molecule has 0 bridgehead atoms. The average molecular weight is 212 g/mol. The van der Waals surface area contributed by atoms with E-state index in [1.165, 1.54) is 0 Å². The van der Waals surface area contributed by atoms with Gasteiger partial charge in [-0.25, -0.2) is 0 Å². The minimum absolute atomic E-state index is 0.701. The van der Waals surface area contributed by atoms with Crippen molar-refractivity contribution in [1.82, 2.24) is 9.78 Å². The van der Waals surface area contributed by atoms with Crippen LogP contribution in [0.25, 0.3) is 0 Å². The van der Waals surface area contributed by atoms with E-state index in [0.717, 1.165) is 17.1 Å². The zero-order valence-electron chi connectivity index (χ0n) is 9.23. The van der Waals surface area contributed by atoms with Crippen LogP contribution in [0.1, 0.15) is 11.1 Å². The van der Waals surface area contributed by atoms with Gasteiger partial charge in [-0.1, -0.05) is 0 Å². The van der Waals surface area contributed by atoms with Crippen molar-refractivity contribution in [1.29, 1.82) is 5.26 Å². The Labute approximate surface area is 94.1 Å². The highest BCUT2D eigenvalue weighted by Gasteiger charge is 2.01. The average Bonchev–Trinajstić information content (AvgIpc) is 2.64. The zero-order valence-corrected chi connectivity index (χ0v) is 9.23. The van der Waals surface area contributed by atoms with Crippen LogP contribution >= 0.6 is 0 Å². The van der Waals surface area contributed by atoms with Gasteiger partial charge in [0.25, 0.3) is 0 Å². The summed E-state index contributed by atoms with van der Waals surface area (Å²) in [5.41, 5.74) is 2.60. The van der Waals surface area contributed by atoms with E-state index in [0.29, 0.717) is 5.56 Å². The second kappa shape index (κ2) is 4.07. The Morgan fingerprint density at radius 3 is 2.75 bits per heavy atom. The van der Waals surface area contributed by atoms with E-state index in [4.69, 9.17) is 5.26 Å². The number of nitrogens with one attached hydrogen (secondary N) is 1. The second-order valence-corrected chi connectivity index (χ2v) is 3.64. The Bertz CT molecular complexity index is 548. The third kappa shape index (κ3) is 2.04. The van der Waals surface area contributed by atoms with E-state index in [-0.39, 0.29) is 0 Å². The number of rotatable bonds is 2. The summed E-state index contributed by atoms with van der Waals surface area (Å²) in [5, 5.41) is 16.2. The molecule has 1 aromatic carbocycles. The summed E-state index contributed by atoms with van der Waals surface area (Å²) < 4.78 is 1.73. The van der Waals surface area contributed by atoms with Crippen molar-refractivity contribution in [2.45, 2.75) is 6.92 Å². The summed E-state index contributed by atoms with van der Waals surface area (Å²) in [4.78, 5) is 0. The molecule has 0 spiro atoms. The molecule has 0 atom stereocenters. The van der Waals surface area contributed by atoms with E-state index in [1.54, 1.807) is 10.7 Å². The summed E-state index contributed by atoms with van der Waals surface area (Å²) in [6.45, 7) is 1.92. The molecule has 1 aromatic heterocycles. The minimum Gasteiger partial charge on any atom is -0.339 e. The van der Waals surface area contributed by atoms with Gasteiger partial charge in [-0.15, -0.1) is 0 Å². The SMILES string of the molecule is Cc1cc(Nc2ccn(C)n2)ccc1C#N. The van der Waals surface area contributed by atoms with Crippen LogP contribution in [0.5, 0.6) is 0 Å². The lowest BCUT2D eigenvalue weighted by Gasteiger charge is -2.04. The van der Waals surface area contributed by atoms with E-state index in [2.05, 4.69) is 16.5 Å². The molecule has 0 radical (unpaired) electrons. The van der Waals surface area contributed by atoms with Crippen molar-refractivity contribution in [2.75, 3.05) is 5.32 Å². The van der Waals surface area contributed by atoms with Gasteiger partial charge in [0.05, 0.1) is 11.6 Å². The number of hydrogen-bond donors (Lipinski definition) is 1. The third-order valence-corrected chi connectivity index (χ3v) is 2.33. The molecule has 0 aliphatic rings. The molecular formula is C12H12N4. The fraction of sp³-hybridized carbons (Fsp3) is 0.167. The molecule has 1 N–H and O–H groups in total. The number of hydrogen-bond acceptors (Lipinski definition) is 3. The lowest BCUT2D eigenvalue weighted by molar-refractivity contribution is 0.771. The van der Waals surface area contributed by atoms with Gasteiger partial charge in [0.1, 0.15) is 0 Å². The first kappa shape index (κ1) is 10.2. The maximum Gasteiger partial charge on any atom is 0.152 e. The highest BCUT2D eigenvalue weighted by Crippen LogP contribution is 2.18. The van der Waals surface area contributed by atoms with Crippen molar-refractivity contribution in [3.05, 3.63) is 41.6 Å². The number of nitriles is 1. The number of anilines is 2. The van der Waals surface area contributed by atoms with Crippen LogP contribution in [0.15, 0.2) is 30.5 Å². The Balaban J connectivity index is 2.23. The molecule has 0 saturated carbocycles. The number of nitrogens with zero attached hydrogens (tertiary/aromatic N) is 3. The normalized spacial score (nSPS) is 9.81. The fourth-order valence-electron chi connectivity index (χ4n) is 1.50. The predicted octanol–water partition coefficient (Wildman–Crippen LogP) is 2.34. The second-order valence-electron chi connectivity index (χ2n) is 3.64. The molecule has 0 amide bonds. The smallest absolute Gasteiger partial charge is 0.152 e. The molecule has 4 nitrogen and oxygen atoms in total. The van der Waals surface area contributed by atoms with Gasteiger partial charge >= 0.3 is 0 Å². The van der Waals surface area contributed by atoms with Crippen molar-refractivity contribution in [2.24, 2.45) is 7.05 Å². The molecule has 0 saturated heterocycles. The van der Waals surface area contributed by atoms with Gasteiger partial charge in [-0.2, -0.15) is 10.4 Å². The third-order valence-electron chi connectivity index (χ3n) is 2.33. The molecule has 1 heterocycles. The van der Waals surface area contributed by atoms with Crippen LogP contribution in [0.3, 0.4) is 0 Å². The maximum absolute atomic E-state index is 8.82. The highest BCUT2D eigenvalue weighted by atomic mass is 15.3. The molecule has 0 aliphatic carbocycles. The van der Waals surface area contributed by atoms with Gasteiger partial charge in [-0.3, -0.25) is 4.68 Å². The first-order chi connectivity index (χ1) is 7.69. The largest absolute Gasteiger partial charge is 0.339 e. The Morgan fingerprint density at radius 1 is 1.38 bits per heavy atom. The minimum atomic E-state index is 0.701. The summed E-state index contributed by atoms with van der Waals surface area (Å²) in [6, 6.07) is 9.66. The van der Waals surface area contributed by atoms with Crippen LogP contribution in [0, 0.1) is 18.3 Å². The van der Waals surface area contributed by atoms with Gasteiger partial charge in [0.15, 0.2) is 5.82 Å². The van der Waals surface area contributed by atoms with Crippen LogP contribution in [-0.4, -0.2) is 9.78 Å². The topological polar surface area (TPSA) is 53.6 Å². The summed E-state index contributed by atoms with van der Waals surface area (Å²) in [7, 11) is 1.87. The summed E-state index contributed by atoms with van der Waals surface area (Å²) in [5.74, 6) is 0.798. The molecule has 4 heteroatoms. The quantitative estimate of drug-likeness (QED) is 0.831. The molecule has 2 aromatic rings. The van der Waals surface area contributed by atoms with Crippen molar-refractivity contribution in [3.8, 4) is 6.07 Å². The number of aromatic nitrogens is 2. The molecular weight excluding hydrogens is 200 g/mol. The van der Waals surface area contributed by atoms with Gasteiger partial charge in [0.2, 0.25) is 0 Å². The van der Waals surface area contributed by atoms with Crippen LogP contribution < -0.4 is 5.32 Å². The first-order valence-electron chi connectivity index (χ1n) is 4.96.